The maximum Gasteiger partial charge on any atom is 0.241 e. The van der Waals surface area contributed by atoms with Crippen molar-refractivity contribution in [3.8, 4) is 17.1 Å². The van der Waals surface area contributed by atoms with Crippen molar-refractivity contribution in [3.63, 3.8) is 0 Å². The topological polar surface area (TPSA) is 80.5 Å². The van der Waals surface area contributed by atoms with Crippen molar-refractivity contribution in [2.75, 3.05) is 19.7 Å². The quantitative estimate of drug-likeness (QED) is 0.546. The van der Waals surface area contributed by atoms with Crippen LogP contribution in [0.2, 0.25) is 5.02 Å². The molecule has 2 heterocycles. The number of nitrogens with zero attached hydrogens (tertiary/aromatic N) is 3. The van der Waals surface area contributed by atoms with Gasteiger partial charge in [-0.2, -0.15) is 4.98 Å². The van der Waals surface area contributed by atoms with Crippen LogP contribution < -0.4 is 10.1 Å². The minimum atomic E-state index is 0.0219. The highest BCUT2D eigenvalue weighted by Crippen LogP contribution is 2.22. The van der Waals surface area contributed by atoms with E-state index in [9.17, 15) is 4.79 Å². The summed E-state index contributed by atoms with van der Waals surface area (Å²) < 4.78 is 10.9. The predicted octanol–water partition coefficient (Wildman–Crippen LogP) is 4.32. The van der Waals surface area contributed by atoms with E-state index < -0.39 is 0 Å². The number of benzene rings is 2. The number of carbonyl (C=O) groups excluding carboxylic acids is 1. The molecule has 1 aliphatic heterocycles. The number of hydrogen-bond acceptors (Lipinski definition) is 6. The first-order chi connectivity index (χ1) is 15.6. The number of amides is 1. The first kappa shape index (κ1) is 22.3. The van der Waals surface area contributed by atoms with Crippen LogP contribution in [0.1, 0.15) is 31.2 Å². The van der Waals surface area contributed by atoms with Crippen LogP contribution in [0.5, 0.6) is 5.75 Å². The van der Waals surface area contributed by atoms with E-state index in [0.29, 0.717) is 36.4 Å². The molecule has 8 heteroatoms. The summed E-state index contributed by atoms with van der Waals surface area (Å²) in [6.07, 6.45) is 1.62. The second-order valence-electron chi connectivity index (χ2n) is 7.87. The third-order valence-electron chi connectivity index (χ3n) is 5.56. The Morgan fingerprint density at radius 1 is 1.22 bits per heavy atom. The minimum Gasteiger partial charge on any atom is -0.494 e. The minimum absolute atomic E-state index is 0.0219. The summed E-state index contributed by atoms with van der Waals surface area (Å²) in [6, 6.07) is 15.2. The SMILES string of the molecule is CCOc1cccc(CNC(=O)C2CCN(Cc3nc(-c4ccc(Cl)cc4)no3)CC2)c1. The van der Waals surface area contributed by atoms with Gasteiger partial charge in [-0.1, -0.05) is 28.9 Å². The molecule has 0 spiro atoms. The van der Waals surface area contributed by atoms with Gasteiger partial charge in [-0.25, -0.2) is 0 Å². The lowest BCUT2D eigenvalue weighted by atomic mass is 9.96. The van der Waals surface area contributed by atoms with Gasteiger partial charge in [-0.3, -0.25) is 9.69 Å². The zero-order chi connectivity index (χ0) is 22.3. The molecule has 0 bridgehead atoms. The van der Waals surface area contributed by atoms with Gasteiger partial charge in [0.05, 0.1) is 13.2 Å². The molecule has 168 valence electrons. The zero-order valence-corrected chi connectivity index (χ0v) is 18.8. The summed E-state index contributed by atoms with van der Waals surface area (Å²) in [5.74, 6) is 2.09. The number of likely N-dealkylation sites (tertiary alicyclic amines) is 1. The first-order valence-electron chi connectivity index (χ1n) is 10.9. The molecule has 0 atom stereocenters. The number of carbonyl (C=O) groups is 1. The van der Waals surface area contributed by atoms with Gasteiger partial charge in [-0.15, -0.1) is 0 Å². The molecule has 1 N–H and O–H groups in total. The van der Waals surface area contributed by atoms with Gasteiger partial charge in [0.2, 0.25) is 17.6 Å². The molecule has 0 radical (unpaired) electrons. The molecule has 32 heavy (non-hydrogen) atoms. The largest absolute Gasteiger partial charge is 0.494 e. The van der Waals surface area contributed by atoms with Crippen LogP contribution in [0.4, 0.5) is 0 Å². The van der Waals surface area contributed by atoms with Gasteiger partial charge in [0, 0.05) is 23.0 Å². The van der Waals surface area contributed by atoms with Crippen LogP contribution in [0.3, 0.4) is 0 Å². The summed E-state index contributed by atoms with van der Waals surface area (Å²) in [6.45, 7) is 5.31. The summed E-state index contributed by atoms with van der Waals surface area (Å²) in [4.78, 5) is 19.4. The van der Waals surface area contributed by atoms with Crippen molar-refractivity contribution in [1.29, 1.82) is 0 Å². The normalized spacial score (nSPS) is 14.9. The van der Waals surface area contributed by atoms with Crippen LogP contribution in [-0.4, -0.2) is 40.6 Å². The van der Waals surface area contributed by atoms with Gasteiger partial charge in [0.1, 0.15) is 5.75 Å². The molecule has 0 saturated carbocycles. The number of piperidine rings is 1. The van der Waals surface area contributed by atoms with Crippen LogP contribution >= 0.6 is 11.6 Å². The van der Waals surface area contributed by atoms with Crippen molar-refractivity contribution < 1.29 is 14.1 Å². The smallest absolute Gasteiger partial charge is 0.241 e. The van der Waals surface area contributed by atoms with E-state index in [0.717, 1.165) is 42.8 Å². The maximum atomic E-state index is 12.6. The lowest BCUT2D eigenvalue weighted by Gasteiger charge is -2.30. The average molecular weight is 455 g/mol. The Morgan fingerprint density at radius 2 is 2.00 bits per heavy atom. The molecule has 0 aliphatic carbocycles. The molecule has 0 unspecified atom stereocenters. The monoisotopic (exact) mass is 454 g/mol. The van der Waals surface area contributed by atoms with E-state index >= 15 is 0 Å². The second kappa shape index (κ2) is 10.6. The van der Waals surface area contributed by atoms with Crippen molar-refractivity contribution in [2.24, 2.45) is 5.92 Å². The van der Waals surface area contributed by atoms with E-state index in [2.05, 4.69) is 20.4 Å². The Hall–Kier alpha value is -2.90. The van der Waals surface area contributed by atoms with Crippen molar-refractivity contribution in [2.45, 2.75) is 32.9 Å². The number of ether oxygens (including phenoxy) is 1. The van der Waals surface area contributed by atoms with Crippen LogP contribution in [0.25, 0.3) is 11.4 Å². The maximum absolute atomic E-state index is 12.6. The number of hydrogen-bond donors (Lipinski definition) is 1. The predicted molar refractivity (Wildman–Crippen MR) is 122 cm³/mol. The molecule has 1 aliphatic rings. The molecule has 1 aromatic heterocycles. The van der Waals surface area contributed by atoms with Gasteiger partial charge in [-0.05, 0) is 74.8 Å². The Kier molecular flexibility index (Phi) is 7.39. The fourth-order valence-electron chi connectivity index (χ4n) is 3.83. The molecular weight excluding hydrogens is 428 g/mol. The summed E-state index contributed by atoms with van der Waals surface area (Å²) in [7, 11) is 0. The first-order valence-corrected chi connectivity index (χ1v) is 11.3. The third kappa shape index (κ3) is 5.87. The van der Waals surface area contributed by atoms with Crippen LogP contribution in [-0.2, 0) is 17.9 Å². The summed E-state index contributed by atoms with van der Waals surface area (Å²) in [5.41, 5.74) is 1.90. The number of rotatable bonds is 8. The van der Waals surface area contributed by atoms with Crippen molar-refractivity contribution in [3.05, 3.63) is 65.0 Å². The van der Waals surface area contributed by atoms with Gasteiger partial charge in [0.15, 0.2) is 0 Å². The van der Waals surface area contributed by atoms with Crippen molar-refractivity contribution >= 4 is 17.5 Å². The lowest BCUT2D eigenvalue weighted by Crippen LogP contribution is -2.40. The fraction of sp³-hybridized carbons (Fsp3) is 0.375. The molecular formula is C24H27ClN4O3. The molecule has 1 amide bonds. The average Bonchev–Trinajstić information content (AvgIpc) is 3.27. The van der Waals surface area contributed by atoms with Gasteiger partial charge >= 0.3 is 0 Å². The number of nitrogens with one attached hydrogen (secondary N) is 1. The highest BCUT2D eigenvalue weighted by atomic mass is 35.5. The lowest BCUT2D eigenvalue weighted by molar-refractivity contribution is -0.126. The van der Waals surface area contributed by atoms with Crippen LogP contribution in [0.15, 0.2) is 53.1 Å². The Balaban J connectivity index is 1.23. The number of halogens is 1. The van der Waals surface area contributed by atoms with E-state index in [1.54, 1.807) is 12.1 Å². The Labute approximate surface area is 192 Å². The molecule has 1 fully saturated rings. The van der Waals surface area contributed by atoms with E-state index in [1.807, 2.05) is 43.3 Å². The van der Waals surface area contributed by atoms with Crippen molar-refractivity contribution in [1.82, 2.24) is 20.4 Å². The molecule has 7 nitrogen and oxygen atoms in total. The van der Waals surface area contributed by atoms with Gasteiger partial charge in [0.25, 0.3) is 0 Å². The second-order valence-corrected chi connectivity index (χ2v) is 8.30. The zero-order valence-electron chi connectivity index (χ0n) is 18.1. The van der Waals surface area contributed by atoms with E-state index in [-0.39, 0.29) is 11.8 Å². The highest BCUT2D eigenvalue weighted by Gasteiger charge is 2.26. The highest BCUT2D eigenvalue weighted by molar-refractivity contribution is 6.30. The van der Waals surface area contributed by atoms with Gasteiger partial charge < -0.3 is 14.6 Å². The summed E-state index contributed by atoms with van der Waals surface area (Å²) >= 11 is 5.93. The van der Waals surface area contributed by atoms with E-state index in [4.69, 9.17) is 20.9 Å². The molecule has 4 rings (SSSR count). The van der Waals surface area contributed by atoms with Crippen LogP contribution in [0, 0.1) is 5.92 Å². The Morgan fingerprint density at radius 3 is 2.75 bits per heavy atom. The molecule has 3 aromatic rings. The summed E-state index contributed by atoms with van der Waals surface area (Å²) in [5, 5.41) is 7.80. The fourth-order valence-corrected chi connectivity index (χ4v) is 3.95. The Bertz CT molecular complexity index is 1030. The number of aromatic nitrogens is 2. The molecule has 1 saturated heterocycles. The standard InChI is InChI=1S/C24H27ClN4O3/c1-2-31-21-5-3-4-17(14-21)15-26-24(30)19-10-12-29(13-11-19)16-22-27-23(28-32-22)18-6-8-20(25)9-7-18/h3-9,14,19H,2,10-13,15-16H2,1H3,(H,26,30). The third-order valence-corrected chi connectivity index (χ3v) is 5.82. The van der Waals surface area contributed by atoms with E-state index in [1.165, 1.54) is 0 Å². The molecule has 2 aromatic carbocycles.